The van der Waals surface area contributed by atoms with Crippen molar-refractivity contribution in [2.24, 2.45) is 0 Å². The molecule has 0 saturated carbocycles. The molecule has 1 aromatic carbocycles. The van der Waals surface area contributed by atoms with Crippen molar-refractivity contribution in [2.75, 3.05) is 12.0 Å². The zero-order valence-corrected chi connectivity index (χ0v) is 10.6. The molecule has 2 rings (SSSR count). The Balaban J connectivity index is 2.53. The summed E-state index contributed by atoms with van der Waals surface area (Å²) in [6.45, 7) is 0. The Morgan fingerprint density at radius 3 is 2.63 bits per heavy atom. The molecule has 1 heterocycles. The quantitative estimate of drug-likeness (QED) is 0.363. The molecule has 0 spiro atoms. The highest BCUT2D eigenvalue weighted by Crippen LogP contribution is 2.35. The maximum atomic E-state index is 11.8. The first-order chi connectivity index (χ1) is 8.95. The molecule has 1 unspecified atom stereocenters. The molecule has 0 N–H and O–H groups in total. The SMILES string of the molecule is COc1ccc(N2C(=O)CC(Cl)C2=O)c([N+](=O)[O-])c1. The average Bonchev–Trinajstić information content (AvgIpc) is 2.62. The molecule has 0 aliphatic carbocycles. The number of hydrogen-bond acceptors (Lipinski definition) is 5. The first kappa shape index (κ1) is 13.3. The van der Waals surface area contributed by atoms with Crippen molar-refractivity contribution >= 4 is 34.8 Å². The van der Waals surface area contributed by atoms with Gasteiger partial charge in [-0.3, -0.25) is 19.7 Å². The van der Waals surface area contributed by atoms with Crippen LogP contribution in [0.4, 0.5) is 11.4 Å². The summed E-state index contributed by atoms with van der Waals surface area (Å²) in [4.78, 5) is 34.5. The minimum atomic E-state index is -0.978. The van der Waals surface area contributed by atoms with E-state index >= 15 is 0 Å². The molecule has 0 radical (unpaired) electrons. The molecular weight excluding hydrogens is 276 g/mol. The summed E-state index contributed by atoms with van der Waals surface area (Å²) in [7, 11) is 1.36. The van der Waals surface area contributed by atoms with E-state index in [2.05, 4.69) is 0 Å². The van der Waals surface area contributed by atoms with Crippen LogP contribution in [-0.4, -0.2) is 29.2 Å². The van der Waals surface area contributed by atoms with Crippen molar-refractivity contribution in [3.63, 3.8) is 0 Å². The van der Waals surface area contributed by atoms with Crippen LogP contribution in [0.5, 0.6) is 5.75 Å². The van der Waals surface area contributed by atoms with Gasteiger partial charge in [-0.1, -0.05) is 0 Å². The standard InChI is InChI=1S/C11H9ClN2O5/c1-19-6-2-3-8(9(4-6)14(17)18)13-10(15)5-7(12)11(13)16/h2-4,7H,5H2,1H3. The normalized spacial score (nSPS) is 18.8. The summed E-state index contributed by atoms with van der Waals surface area (Å²) in [6.07, 6.45) is -0.163. The Labute approximate surface area is 112 Å². The fourth-order valence-electron chi connectivity index (χ4n) is 1.81. The van der Waals surface area contributed by atoms with Gasteiger partial charge in [-0.15, -0.1) is 11.6 Å². The van der Waals surface area contributed by atoms with E-state index in [4.69, 9.17) is 16.3 Å². The first-order valence-corrected chi connectivity index (χ1v) is 5.72. The predicted molar refractivity (Wildman–Crippen MR) is 66.4 cm³/mol. The number of rotatable bonds is 3. The van der Waals surface area contributed by atoms with E-state index in [1.807, 2.05) is 0 Å². The number of alkyl halides is 1. The molecule has 1 aliphatic heterocycles. The van der Waals surface area contributed by atoms with E-state index in [-0.39, 0.29) is 23.5 Å². The molecule has 8 heteroatoms. The third-order valence-electron chi connectivity index (χ3n) is 2.71. The van der Waals surface area contributed by atoms with Crippen LogP contribution in [0, 0.1) is 10.1 Å². The van der Waals surface area contributed by atoms with Gasteiger partial charge in [-0.25, -0.2) is 4.90 Å². The third kappa shape index (κ3) is 2.24. The minimum absolute atomic E-state index is 0.0936. The highest BCUT2D eigenvalue weighted by molar-refractivity contribution is 6.41. The lowest BCUT2D eigenvalue weighted by molar-refractivity contribution is -0.384. The molecule has 1 saturated heterocycles. The molecule has 7 nitrogen and oxygen atoms in total. The van der Waals surface area contributed by atoms with Gasteiger partial charge < -0.3 is 4.74 Å². The topological polar surface area (TPSA) is 89.8 Å². The van der Waals surface area contributed by atoms with E-state index in [0.29, 0.717) is 0 Å². The zero-order chi connectivity index (χ0) is 14.2. The van der Waals surface area contributed by atoms with Crippen LogP contribution in [0.2, 0.25) is 0 Å². The van der Waals surface area contributed by atoms with Gasteiger partial charge in [-0.2, -0.15) is 0 Å². The second-order valence-electron chi connectivity index (χ2n) is 3.85. The van der Waals surface area contributed by atoms with Gasteiger partial charge in [0.15, 0.2) is 0 Å². The largest absolute Gasteiger partial charge is 0.496 e. The fraction of sp³-hybridized carbons (Fsp3) is 0.273. The molecular formula is C11H9ClN2O5. The number of nitrogens with zero attached hydrogens (tertiary/aromatic N) is 2. The van der Waals surface area contributed by atoms with Crippen LogP contribution in [-0.2, 0) is 9.59 Å². The van der Waals surface area contributed by atoms with E-state index < -0.39 is 22.1 Å². The zero-order valence-electron chi connectivity index (χ0n) is 9.83. The van der Waals surface area contributed by atoms with E-state index in [9.17, 15) is 19.7 Å². The van der Waals surface area contributed by atoms with Gasteiger partial charge in [0.2, 0.25) is 5.91 Å². The number of benzene rings is 1. The lowest BCUT2D eigenvalue weighted by Crippen LogP contribution is -2.31. The molecule has 0 aromatic heterocycles. The van der Waals surface area contributed by atoms with Crippen LogP contribution in [0.1, 0.15) is 6.42 Å². The number of amides is 2. The third-order valence-corrected chi connectivity index (χ3v) is 3.05. The van der Waals surface area contributed by atoms with Gasteiger partial charge in [0.25, 0.3) is 11.6 Å². The van der Waals surface area contributed by atoms with Crippen molar-refractivity contribution < 1.29 is 19.2 Å². The van der Waals surface area contributed by atoms with Gasteiger partial charge in [0, 0.05) is 0 Å². The van der Waals surface area contributed by atoms with Crippen LogP contribution in [0.15, 0.2) is 18.2 Å². The molecule has 0 bridgehead atoms. The molecule has 2 amide bonds. The molecule has 100 valence electrons. The Kier molecular flexibility index (Phi) is 3.39. The number of nitro groups is 1. The number of hydrogen-bond donors (Lipinski definition) is 0. The lowest BCUT2D eigenvalue weighted by Gasteiger charge is -2.14. The first-order valence-electron chi connectivity index (χ1n) is 5.29. The molecule has 19 heavy (non-hydrogen) atoms. The van der Waals surface area contributed by atoms with E-state index in [1.165, 1.54) is 19.2 Å². The Morgan fingerprint density at radius 1 is 1.47 bits per heavy atom. The van der Waals surface area contributed by atoms with Gasteiger partial charge in [0.1, 0.15) is 16.8 Å². The number of ether oxygens (including phenoxy) is 1. The Bertz CT molecular complexity index is 574. The van der Waals surface area contributed by atoms with E-state index in [1.54, 1.807) is 0 Å². The number of methoxy groups -OCH3 is 1. The summed E-state index contributed by atoms with van der Waals surface area (Å²) in [5.41, 5.74) is -0.476. The Hall–Kier alpha value is -2.15. The minimum Gasteiger partial charge on any atom is -0.496 e. The number of imide groups is 1. The number of carbonyl (C=O) groups excluding carboxylic acids is 2. The number of anilines is 1. The van der Waals surface area contributed by atoms with Crippen LogP contribution in [0.25, 0.3) is 0 Å². The maximum Gasteiger partial charge on any atom is 0.297 e. The lowest BCUT2D eigenvalue weighted by atomic mass is 10.2. The van der Waals surface area contributed by atoms with Crippen LogP contribution < -0.4 is 9.64 Å². The highest BCUT2D eigenvalue weighted by Gasteiger charge is 2.41. The molecule has 1 atom stereocenters. The van der Waals surface area contributed by atoms with Crippen molar-refractivity contribution in [1.29, 1.82) is 0 Å². The van der Waals surface area contributed by atoms with Crippen molar-refractivity contribution in [2.45, 2.75) is 11.8 Å². The number of carbonyl (C=O) groups is 2. The summed E-state index contributed by atoms with van der Waals surface area (Å²) >= 11 is 5.69. The molecule has 1 aromatic rings. The van der Waals surface area contributed by atoms with Gasteiger partial charge in [0.05, 0.1) is 24.5 Å². The summed E-state index contributed by atoms with van der Waals surface area (Å²) in [6, 6.07) is 3.88. The predicted octanol–water partition coefficient (Wildman–Crippen LogP) is 1.47. The van der Waals surface area contributed by atoms with Crippen LogP contribution in [0.3, 0.4) is 0 Å². The maximum absolute atomic E-state index is 11.8. The smallest absolute Gasteiger partial charge is 0.297 e. The van der Waals surface area contributed by atoms with Gasteiger partial charge in [-0.05, 0) is 12.1 Å². The average molecular weight is 285 g/mol. The van der Waals surface area contributed by atoms with Crippen molar-refractivity contribution in [3.05, 3.63) is 28.3 Å². The van der Waals surface area contributed by atoms with Crippen molar-refractivity contribution in [3.8, 4) is 5.75 Å². The van der Waals surface area contributed by atoms with Gasteiger partial charge >= 0.3 is 0 Å². The fourth-order valence-corrected chi connectivity index (χ4v) is 2.04. The number of nitro benzene ring substituents is 1. The van der Waals surface area contributed by atoms with Crippen LogP contribution >= 0.6 is 11.6 Å². The molecule has 1 fully saturated rings. The van der Waals surface area contributed by atoms with E-state index in [0.717, 1.165) is 11.0 Å². The summed E-state index contributed by atoms with van der Waals surface area (Å²) < 4.78 is 4.88. The number of halogens is 1. The van der Waals surface area contributed by atoms with Crippen molar-refractivity contribution in [1.82, 2.24) is 0 Å². The highest BCUT2D eigenvalue weighted by atomic mass is 35.5. The Morgan fingerprint density at radius 2 is 2.16 bits per heavy atom. The summed E-state index contributed by atoms with van der Waals surface area (Å²) in [5, 5.41) is 10.0. The second-order valence-corrected chi connectivity index (χ2v) is 4.38. The monoisotopic (exact) mass is 284 g/mol. The second kappa shape index (κ2) is 4.85. The summed E-state index contributed by atoms with van der Waals surface area (Å²) in [5.74, 6) is -0.949. The molecule has 1 aliphatic rings.